The smallest absolute Gasteiger partial charge is 0.329 e. The lowest BCUT2D eigenvalue weighted by Gasteiger charge is -2.47. The number of ether oxygens (including phenoxy) is 4. The number of allylic oxidation sites excluding steroid dienone is 3. The van der Waals surface area contributed by atoms with Crippen molar-refractivity contribution in [2.45, 2.75) is 167 Å². The maximum absolute atomic E-state index is 14.3. The molecule has 13 heteroatoms. The van der Waals surface area contributed by atoms with E-state index in [1.165, 1.54) is 19.1 Å². The highest BCUT2D eigenvalue weighted by molar-refractivity contribution is 6.39. The van der Waals surface area contributed by atoms with Gasteiger partial charge in [0, 0.05) is 56.9 Å². The van der Waals surface area contributed by atoms with Gasteiger partial charge in [0.05, 0.1) is 24.4 Å². The Morgan fingerprint density at radius 1 is 0.964 bits per heavy atom. The van der Waals surface area contributed by atoms with E-state index in [2.05, 4.69) is 6.92 Å². The SMILES string of the molecule is COC1CC(C)CC(C)/C=C(\CC(C)=N)C(=N)CC(O)C(C)C(C(C)=CC2CCC(O)CC2)OC(=O)C2CCCCN2C(=O)C(=O)C2(O)OC1C(OC)CC2C. The maximum Gasteiger partial charge on any atom is 0.329 e. The summed E-state index contributed by atoms with van der Waals surface area (Å²) in [5.41, 5.74) is 1.97. The van der Waals surface area contributed by atoms with Crippen LogP contribution in [0, 0.1) is 40.4 Å². The number of nitrogens with zero attached hydrogens (tertiary/aromatic N) is 1. The van der Waals surface area contributed by atoms with Crippen LogP contribution in [0.1, 0.15) is 119 Å². The van der Waals surface area contributed by atoms with Crippen molar-refractivity contribution >= 4 is 29.1 Å². The Balaban J connectivity index is 1.78. The number of methoxy groups -OCH3 is 2. The number of hydrogen-bond acceptors (Lipinski definition) is 12. The monoisotopic (exact) mass is 787 g/mol. The molecule has 11 unspecified atom stereocenters. The standard InChI is InChI=1S/C43H69N3O10/c1-24-17-25(2)19-36(53-7)39-37(54-8)21-27(4)43(52,56-39)40(49)41(50)46-16-10-9-11-34(46)42(51)55-38(26(3)20-30-12-14-32(47)15-13-30)29(6)35(48)23-33(45)31(18-24)22-28(5)44/h18,20,24-25,27,29-30,32,34-39,44-45,47-48,52H,9-17,19,21-23H2,1-8H3/b26-20?,31-18+,44-28?,45-33?. The second kappa shape index (κ2) is 20.2. The van der Waals surface area contributed by atoms with Crippen molar-refractivity contribution in [3.05, 3.63) is 23.3 Å². The Morgan fingerprint density at radius 2 is 1.61 bits per heavy atom. The minimum Gasteiger partial charge on any atom is -0.456 e. The number of fused-ring (bicyclic) bond motifs is 3. The summed E-state index contributed by atoms with van der Waals surface area (Å²) in [6.45, 7) is 11.2. The Kier molecular flexibility index (Phi) is 16.6. The highest BCUT2D eigenvalue weighted by atomic mass is 16.7. The number of nitrogens with one attached hydrogen (secondary N) is 2. The lowest BCUT2D eigenvalue weighted by Crippen LogP contribution is -2.64. The van der Waals surface area contributed by atoms with E-state index in [0.717, 1.165) is 18.4 Å². The van der Waals surface area contributed by atoms with E-state index < -0.39 is 71.8 Å². The fourth-order valence-electron chi connectivity index (χ4n) is 9.30. The predicted octanol–water partition coefficient (Wildman–Crippen LogP) is 5.32. The number of carbonyl (C=O) groups is 3. The minimum atomic E-state index is -2.49. The van der Waals surface area contributed by atoms with Crippen LogP contribution in [0.15, 0.2) is 23.3 Å². The van der Waals surface area contributed by atoms with Crippen LogP contribution < -0.4 is 0 Å². The summed E-state index contributed by atoms with van der Waals surface area (Å²) in [6.07, 6.45) is 5.54. The van der Waals surface area contributed by atoms with Crippen molar-refractivity contribution in [1.82, 2.24) is 4.90 Å². The molecular formula is C43H69N3O10. The summed E-state index contributed by atoms with van der Waals surface area (Å²) < 4.78 is 24.3. The molecule has 56 heavy (non-hydrogen) atoms. The molecule has 2 bridgehead atoms. The van der Waals surface area contributed by atoms with Gasteiger partial charge in [-0.1, -0.05) is 39.8 Å². The molecule has 5 N–H and O–H groups in total. The summed E-state index contributed by atoms with van der Waals surface area (Å²) in [6, 6.07) is -1.11. The van der Waals surface area contributed by atoms with Gasteiger partial charge in [0.1, 0.15) is 18.2 Å². The molecule has 3 aliphatic heterocycles. The number of ketones is 1. The summed E-state index contributed by atoms with van der Waals surface area (Å²) in [5, 5.41) is 51.3. The quantitative estimate of drug-likeness (QED) is 0.102. The highest BCUT2D eigenvalue weighted by Gasteiger charge is 2.56. The van der Waals surface area contributed by atoms with Crippen molar-refractivity contribution in [3.63, 3.8) is 0 Å². The van der Waals surface area contributed by atoms with Crippen LogP contribution in [0.25, 0.3) is 0 Å². The summed E-state index contributed by atoms with van der Waals surface area (Å²) in [7, 11) is 3.07. The van der Waals surface area contributed by atoms with E-state index in [0.29, 0.717) is 49.8 Å². The van der Waals surface area contributed by atoms with Crippen LogP contribution in [0.5, 0.6) is 0 Å². The number of aliphatic hydroxyl groups is 3. The third-order valence-electron chi connectivity index (χ3n) is 12.6. The van der Waals surface area contributed by atoms with Gasteiger partial charge in [-0.25, -0.2) is 4.79 Å². The van der Waals surface area contributed by atoms with Crippen molar-refractivity contribution in [2.75, 3.05) is 20.8 Å². The van der Waals surface area contributed by atoms with E-state index in [9.17, 15) is 29.7 Å². The number of rotatable bonds is 6. The minimum absolute atomic E-state index is 0.0205. The number of hydrogen-bond donors (Lipinski definition) is 5. The molecule has 13 nitrogen and oxygen atoms in total. The number of amides is 1. The molecule has 0 aromatic carbocycles. The molecule has 0 radical (unpaired) electrons. The molecule has 4 aliphatic rings. The lowest BCUT2D eigenvalue weighted by molar-refractivity contribution is -0.302. The van der Waals surface area contributed by atoms with Crippen LogP contribution in [-0.2, 0) is 33.3 Å². The van der Waals surface area contributed by atoms with Gasteiger partial charge in [-0.05, 0) is 107 Å². The number of Topliss-reactive ketones (excluding diaryl/α,β-unsaturated/α-hetero) is 1. The Morgan fingerprint density at radius 3 is 2.23 bits per heavy atom. The van der Waals surface area contributed by atoms with Crippen LogP contribution in [0.3, 0.4) is 0 Å². The molecule has 1 amide bonds. The first kappa shape index (κ1) is 45.9. The molecule has 3 fully saturated rings. The van der Waals surface area contributed by atoms with Gasteiger partial charge >= 0.3 is 5.97 Å². The van der Waals surface area contributed by atoms with Gasteiger partial charge in [0.2, 0.25) is 5.79 Å². The average molecular weight is 788 g/mol. The molecule has 0 aromatic heterocycles. The van der Waals surface area contributed by atoms with Gasteiger partial charge in [-0.15, -0.1) is 0 Å². The van der Waals surface area contributed by atoms with E-state index in [4.69, 9.17) is 29.8 Å². The van der Waals surface area contributed by atoms with Gasteiger partial charge in [-0.2, -0.15) is 0 Å². The van der Waals surface area contributed by atoms with Gasteiger partial charge in [0.15, 0.2) is 0 Å². The van der Waals surface area contributed by atoms with Crippen molar-refractivity contribution in [3.8, 4) is 0 Å². The molecule has 0 aromatic rings. The largest absolute Gasteiger partial charge is 0.456 e. The normalized spacial score (nSPS) is 40.2. The van der Waals surface area contributed by atoms with E-state index in [-0.39, 0.29) is 61.8 Å². The maximum atomic E-state index is 14.3. The number of carbonyl (C=O) groups excluding carboxylic acids is 3. The Labute approximate surface area is 333 Å². The van der Waals surface area contributed by atoms with E-state index >= 15 is 0 Å². The van der Waals surface area contributed by atoms with Crippen molar-refractivity contribution < 1.29 is 48.7 Å². The predicted molar refractivity (Wildman–Crippen MR) is 212 cm³/mol. The van der Waals surface area contributed by atoms with E-state index in [1.807, 2.05) is 26.0 Å². The average Bonchev–Trinajstić information content (AvgIpc) is 3.15. The number of piperidine rings is 1. The molecule has 1 saturated carbocycles. The van der Waals surface area contributed by atoms with Crippen LogP contribution in [0.4, 0.5) is 0 Å². The summed E-state index contributed by atoms with van der Waals surface area (Å²) in [5.74, 6) is -6.70. The van der Waals surface area contributed by atoms with E-state index in [1.54, 1.807) is 20.8 Å². The second-order valence-electron chi connectivity index (χ2n) is 17.5. The van der Waals surface area contributed by atoms with Crippen molar-refractivity contribution in [2.24, 2.45) is 29.6 Å². The first-order valence-electron chi connectivity index (χ1n) is 20.8. The molecular weight excluding hydrogens is 718 g/mol. The summed E-state index contributed by atoms with van der Waals surface area (Å²) >= 11 is 0. The molecule has 316 valence electrons. The van der Waals surface area contributed by atoms with Crippen LogP contribution in [-0.4, -0.2) is 119 Å². The number of aliphatic hydroxyl groups excluding tert-OH is 2. The third-order valence-corrected chi connectivity index (χ3v) is 12.6. The van der Waals surface area contributed by atoms with Gasteiger partial charge < -0.3 is 50.0 Å². The number of cyclic esters (lactones) is 1. The van der Waals surface area contributed by atoms with Crippen molar-refractivity contribution in [1.29, 1.82) is 10.8 Å². The molecule has 0 spiro atoms. The zero-order valence-electron chi connectivity index (χ0n) is 34.9. The third kappa shape index (κ3) is 11.2. The highest BCUT2D eigenvalue weighted by Crippen LogP contribution is 2.39. The lowest BCUT2D eigenvalue weighted by atomic mass is 9.81. The Hall–Kier alpha value is -2.81. The van der Waals surface area contributed by atoms with Gasteiger partial charge in [-0.3, -0.25) is 9.59 Å². The van der Waals surface area contributed by atoms with Crippen LogP contribution in [0.2, 0.25) is 0 Å². The molecule has 2 saturated heterocycles. The fraction of sp³-hybridized carbons (Fsp3) is 0.791. The first-order chi connectivity index (χ1) is 26.4. The number of esters is 1. The zero-order valence-corrected chi connectivity index (χ0v) is 34.9. The topological polar surface area (TPSA) is 200 Å². The molecule has 4 rings (SSSR count). The fourth-order valence-corrected chi connectivity index (χ4v) is 9.30. The zero-order chi connectivity index (χ0) is 41.5. The molecule has 11 atom stereocenters. The molecule has 3 heterocycles. The van der Waals surface area contributed by atoms with Gasteiger partial charge in [0.25, 0.3) is 11.7 Å². The molecule has 1 aliphatic carbocycles. The first-order valence-corrected chi connectivity index (χ1v) is 20.8. The second-order valence-corrected chi connectivity index (χ2v) is 17.5. The summed E-state index contributed by atoms with van der Waals surface area (Å²) in [4.78, 5) is 43.9. The van der Waals surface area contributed by atoms with Crippen LogP contribution >= 0.6 is 0 Å². The Bertz CT molecular complexity index is 1470.